The number of Topliss-reactive ketones (excluding diaryl/α,β-unsaturated/α-hetero) is 1. The van der Waals surface area contributed by atoms with Gasteiger partial charge in [-0.25, -0.2) is 0 Å². The molecule has 0 aromatic heterocycles. The number of hydrogen-bond acceptors (Lipinski definition) is 5. The number of nitrogens with zero attached hydrogens (tertiary/aromatic N) is 1. The van der Waals surface area contributed by atoms with Crippen molar-refractivity contribution in [3.05, 3.63) is 29.3 Å². The molecular weight excluding hydrogens is 234 g/mol. The highest BCUT2D eigenvalue weighted by molar-refractivity contribution is 5.99. The van der Waals surface area contributed by atoms with Gasteiger partial charge in [-0.05, 0) is 17.7 Å². The lowest BCUT2D eigenvalue weighted by molar-refractivity contribution is 0.0214. The molecule has 2 atom stereocenters. The molecule has 0 fully saturated rings. The minimum atomic E-state index is -1.16. The highest BCUT2D eigenvalue weighted by Gasteiger charge is 2.23. The van der Waals surface area contributed by atoms with E-state index in [0.29, 0.717) is 29.9 Å². The summed E-state index contributed by atoms with van der Waals surface area (Å²) in [4.78, 5) is 11.6. The van der Waals surface area contributed by atoms with Crippen molar-refractivity contribution in [3.8, 4) is 11.8 Å². The van der Waals surface area contributed by atoms with Gasteiger partial charge in [-0.15, -0.1) is 0 Å². The smallest absolute Gasteiger partial charge is 0.169 e. The predicted molar refractivity (Wildman–Crippen MR) is 62.1 cm³/mol. The lowest BCUT2D eigenvalue weighted by atomic mass is 9.97. The summed E-state index contributed by atoms with van der Waals surface area (Å²) >= 11 is 0. The van der Waals surface area contributed by atoms with E-state index in [1.54, 1.807) is 18.2 Å². The summed E-state index contributed by atoms with van der Waals surface area (Å²) in [5.41, 5.74) is 0.929. The third-order valence-corrected chi connectivity index (χ3v) is 2.90. The van der Waals surface area contributed by atoms with Gasteiger partial charge in [0.05, 0.1) is 30.8 Å². The number of aliphatic hydroxyl groups is 2. The van der Waals surface area contributed by atoms with Gasteiger partial charge in [0.25, 0.3) is 0 Å². The fraction of sp³-hybridized carbons (Fsp3) is 0.385. The van der Waals surface area contributed by atoms with Crippen molar-refractivity contribution in [3.63, 3.8) is 0 Å². The fourth-order valence-electron chi connectivity index (χ4n) is 1.89. The number of hydrogen-bond donors (Lipinski definition) is 2. The lowest BCUT2D eigenvalue weighted by Gasteiger charge is -2.20. The molecule has 0 amide bonds. The molecule has 0 aliphatic carbocycles. The first-order valence-corrected chi connectivity index (χ1v) is 5.66. The summed E-state index contributed by atoms with van der Waals surface area (Å²) in [5.74, 6) is 0.432. The van der Waals surface area contributed by atoms with E-state index in [4.69, 9.17) is 10.00 Å². The Hall–Kier alpha value is -1.90. The molecule has 2 N–H and O–H groups in total. The molecule has 5 heteroatoms. The number of aliphatic hydroxyl groups excluding tert-OH is 2. The highest BCUT2D eigenvalue weighted by atomic mass is 16.5. The first-order chi connectivity index (χ1) is 8.63. The van der Waals surface area contributed by atoms with Crippen molar-refractivity contribution in [2.75, 3.05) is 6.61 Å². The van der Waals surface area contributed by atoms with Crippen molar-refractivity contribution in [1.29, 1.82) is 5.26 Å². The van der Waals surface area contributed by atoms with E-state index < -0.39 is 12.2 Å². The Morgan fingerprint density at radius 1 is 1.44 bits per heavy atom. The Morgan fingerprint density at radius 3 is 2.94 bits per heavy atom. The number of carbonyl (C=O) groups is 1. The molecule has 0 saturated heterocycles. The van der Waals surface area contributed by atoms with Crippen LogP contribution >= 0.6 is 0 Å². The van der Waals surface area contributed by atoms with E-state index >= 15 is 0 Å². The number of fused-ring (bicyclic) bond motifs is 1. The van der Waals surface area contributed by atoms with Crippen LogP contribution < -0.4 is 4.74 Å². The Labute approximate surface area is 104 Å². The molecular formula is C13H13NO4. The van der Waals surface area contributed by atoms with Crippen LogP contribution in [0.2, 0.25) is 0 Å². The van der Waals surface area contributed by atoms with E-state index in [9.17, 15) is 15.0 Å². The number of ether oxygens (including phenoxy) is 1. The molecule has 0 bridgehead atoms. The van der Waals surface area contributed by atoms with E-state index in [0.717, 1.165) is 0 Å². The van der Waals surface area contributed by atoms with Crippen LogP contribution in [-0.4, -0.2) is 28.7 Å². The zero-order chi connectivity index (χ0) is 13.1. The summed E-state index contributed by atoms with van der Waals surface area (Å²) in [6.45, 7) is 0.326. The molecule has 0 spiro atoms. The molecule has 1 aliphatic heterocycles. The monoisotopic (exact) mass is 247 g/mol. The highest BCUT2D eigenvalue weighted by Crippen LogP contribution is 2.29. The van der Waals surface area contributed by atoms with Crippen LogP contribution in [0.1, 0.15) is 34.9 Å². The second-order valence-electron chi connectivity index (χ2n) is 4.15. The molecule has 0 radical (unpaired) electrons. The van der Waals surface area contributed by atoms with Crippen molar-refractivity contribution in [2.24, 2.45) is 0 Å². The van der Waals surface area contributed by atoms with Crippen LogP contribution in [0, 0.1) is 11.3 Å². The zero-order valence-electron chi connectivity index (χ0n) is 9.67. The molecule has 1 aromatic carbocycles. The third kappa shape index (κ3) is 2.35. The maximum atomic E-state index is 11.6. The van der Waals surface area contributed by atoms with Crippen LogP contribution in [0.15, 0.2) is 18.2 Å². The average molecular weight is 247 g/mol. The molecule has 1 aliphatic rings. The van der Waals surface area contributed by atoms with Crippen LogP contribution in [0.5, 0.6) is 5.75 Å². The van der Waals surface area contributed by atoms with Crippen LogP contribution in [0.3, 0.4) is 0 Å². The van der Waals surface area contributed by atoms with E-state index in [2.05, 4.69) is 0 Å². The van der Waals surface area contributed by atoms with Gasteiger partial charge in [0.1, 0.15) is 11.9 Å². The minimum absolute atomic E-state index is 0.00913. The summed E-state index contributed by atoms with van der Waals surface area (Å²) in [7, 11) is 0. The van der Waals surface area contributed by atoms with Gasteiger partial charge in [-0.3, -0.25) is 4.79 Å². The normalized spacial score (nSPS) is 17.3. The number of ketones is 1. The van der Waals surface area contributed by atoms with Gasteiger partial charge in [-0.1, -0.05) is 6.07 Å². The molecule has 2 unspecified atom stereocenters. The van der Waals surface area contributed by atoms with E-state index in [1.807, 2.05) is 0 Å². The number of rotatable bonds is 3. The van der Waals surface area contributed by atoms with Gasteiger partial charge in [-0.2, -0.15) is 5.26 Å². The first kappa shape index (κ1) is 12.6. The Morgan fingerprint density at radius 2 is 2.22 bits per heavy atom. The van der Waals surface area contributed by atoms with Gasteiger partial charge in [0.2, 0.25) is 0 Å². The van der Waals surface area contributed by atoms with Crippen molar-refractivity contribution < 1.29 is 19.7 Å². The maximum Gasteiger partial charge on any atom is 0.169 e. The molecule has 94 valence electrons. The second kappa shape index (κ2) is 5.17. The zero-order valence-corrected chi connectivity index (χ0v) is 9.67. The molecule has 0 saturated carbocycles. The summed E-state index contributed by atoms with van der Waals surface area (Å²) < 4.78 is 5.35. The Kier molecular flexibility index (Phi) is 3.60. The van der Waals surface area contributed by atoms with Crippen molar-refractivity contribution >= 4 is 5.78 Å². The predicted octanol–water partition coefficient (Wildman–Crippen LogP) is 0.960. The van der Waals surface area contributed by atoms with Gasteiger partial charge >= 0.3 is 0 Å². The molecule has 1 heterocycles. The number of carbonyl (C=O) groups excluding carboxylic acids is 1. The van der Waals surface area contributed by atoms with E-state index in [1.165, 1.54) is 6.07 Å². The topological polar surface area (TPSA) is 90.6 Å². The molecule has 18 heavy (non-hydrogen) atoms. The molecule has 5 nitrogen and oxygen atoms in total. The SMILES string of the molecule is N#CCC(O)C(O)c1ccc2c(c1)OCCC2=O. The summed E-state index contributed by atoms with van der Waals surface area (Å²) in [5, 5.41) is 27.9. The lowest BCUT2D eigenvalue weighted by Crippen LogP contribution is -2.19. The third-order valence-electron chi connectivity index (χ3n) is 2.90. The van der Waals surface area contributed by atoms with Gasteiger partial charge < -0.3 is 14.9 Å². The van der Waals surface area contributed by atoms with Crippen LogP contribution in [0.25, 0.3) is 0 Å². The van der Waals surface area contributed by atoms with Crippen molar-refractivity contribution in [1.82, 2.24) is 0 Å². The van der Waals surface area contributed by atoms with E-state index in [-0.39, 0.29) is 12.2 Å². The average Bonchev–Trinajstić information content (AvgIpc) is 2.38. The first-order valence-electron chi connectivity index (χ1n) is 5.66. The van der Waals surface area contributed by atoms with Crippen LogP contribution in [0.4, 0.5) is 0 Å². The molecule has 1 aromatic rings. The number of benzene rings is 1. The second-order valence-corrected chi connectivity index (χ2v) is 4.15. The standard InChI is InChI=1S/C13H13NO4/c14-5-3-11(16)13(17)8-1-2-9-10(15)4-6-18-12(9)7-8/h1-2,7,11,13,16-17H,3-4,6H2. The fourth-order valence-corrected chi connectivity index (χ4v) is 1.89. The largest absolute Gasteiger partial charge is 0.492 e. The maximum absolute atomic E-state index is 11.6. The van der Waals surface area contributed by atoms with Gasteiger partial charge in [0, 0.05) is 6.42 Å². The molecule has 2 rings (SSSR count). The Balaban J connectivity index is 2.26. The minimum Gasteiger partial charge on any atom is -0.492 e. The number of nitriles is 1. The quantitative estimate of drug-likeness (QED) is 0.830. The van der Waals surface area contributed by atoms with Crippen molar-refractivity contribution in [2.45, 2.75) is 25.0 Å². The summed E-state index contributed by atoms with van der Waals surface area (Å²) in [6, 6.07) is 6.48. The van der Waals surface area contributed by atoms with Crippen LogP contribution in [-0.2, 0) is 0 Å². The Bertz CT molecular complexity index is 506. The summed E-state index contributed by atoms with van der Waals surface area (Å²) in [6.07, 6.45) is -2.10. The van der Waals surface area contributed by atoms with Gasteiger partial charge in [0.15, 0.2) is 5.78 Å².